The molecule has 0 aromatic rings. The fourth-order valence-corrected chi connectivity index (χ4v) is 7.22. The summed E-state index contributed by atoms with van der Waals surface area (Å²) in [5.74, 6) is -0.501. The van der Waals surface area contributed by atoms with E-state index < -0.39 is 18.2 Å². The SMILES string of the molecule is CCCC/C=C\CCCCCCCC(=O)OC(CCCCCC/C=C/C=C/CCCCC)CC(=O)NC(CO)C(O)CCCCCCCCCCCCCCC. The number of nitrogens with one attached hydrogen (secondary N) is 1. The van der Waals surface area contributed by atoms with Gasteiger partial charge in [0.05, 0.1) is 25.2 Å². The number of aliphatic hydroxyl groups is 2. The van der Waals surface area contributed by atoms with E-state index in [4.69, 9.17) is 4.74 Å². The van der Waals surface area contributed by atoms with Gasteiger partial charge < -0.3 is 20.3 Å². The number of amides is 1. The first-order valence-corrected chi connectivity index (χ1v) is 24.2. The molecule has 0 saturated heterocycles. The smallest absolute Gasteiger partial charge is 0.306 e. The number of carbonyl (C=O) groups excluding carboxylic acids is 2. The van der Waals surface area contributed by atoms with Crippen molar-refractivity contribution >= 4 is 11.9 Å². The second-order valence-corrected chi connectivity index (χ2v) is 16.5. The summed E-state index contributed by atoms with van der Waals surface area (Å²) in [6, 6.07) is -0.706. The highest BCUT2D eigenvalue weighted by Gasteiger charge is 2.24. The quantitative estimate of drug-likeness (QED) is 0.0247. The third-order valence-electron chi connectivity index (χ3n) is 11.0. The predicted molar refractivity (Wildman–Crippen MR) is 241 cm³/mol. The van der Waals surface area contributed by atoms with Crippen LogP contribution in [0.3, 0.4) is 0 Å². The van der Waals surface area contributed by atoms with Crippen molar-refractivity contribution < 1.29 is 24.5 Å². The van der Waals surface area contributed by atoms with E-state index in [1.807, 2.05) is 0 Å². The van der Waals surface area contributed by atoms with Crippen LogP contribution in [0.25, 0.3) is 0 Å². The summed E-state index contributed by atoms with van der Waals surface area (Å²) in [7, 11) is 0. The van der Waals surface area contributed by atoms with Gasteiger partial charge in [0, 0.05) is 6.42 Å². The molecule has 0 spiro atoms. The molecule has 0 aliphatic carbocycles. The molecule has 3 unspecified atom stereocenters. The lowest BCUT2D eigenvalue weighted by Gasteiger charge is -2.24. The Morgan fingerprint density at radius 1 is 0.518 bits per heavy atom. The van der Waals surface area contributed by atoms with Crippen LogP contribution in [0.5, 0.6) is 0 Å². The predicted octanol–water partition coefficient (Wildman–Crippen LogP) is 14.1. The van der Waals surface area contributed by atoms with Gasteiger partial charge in [-0.3, -0.25) is 9.59 Å². The summed E-state index contributed by atoms with van der Waals surface area (Å²) in [6.07, 6.45) is 50.5. The maximum absolute atomic E-state index is 13.1. The Hall–Kier alpha value is -1.92. The topological polar surface area (TPSA) is 95.9 Å². The van der Waals surface area contributed by atoms with Crippen molar-refractivity contribution in [2.45, 2.75) is 264 Å². The van der Waals surface area contributed by atoms with Crippen molar-refractivity contribution in [2.24, 2.45) is 0 Å². The largest absolute Gasteiger partial charge is 0.462 e. The fraction of sp³-hybridized carbons (Fsp3) is 0.840. The highest BCUT2D eigenvalue weighted by molar-refractivity contribution is 5.77. The lowest BCUT2D eigenvalue weighted by molar-refractivity contribution is -0.151. The molecular weight excluding hydrogens is 695 g/mol. The first kappa shape index (κ1) is 54.1. The minimum atomic E-state index is -0.791. The van der Waals surface area contributed by atoms with Crippen LogP contribution in [-0.2, 0) is 14.3 Å². The summed E-state index contributed by atoms with van der Waals surface area (Å²) in [5.41, 5.74) is 0. The molecule has 6 heteroatoms. The number of unbranched alkanes of at least 4 members (excludes halogenated alkanes) is 26. The highest BCUT2D eigenvalue weighted by Crippen LogP contribution is 2.17. The molecule has 0 aromatic heterocycles. The maximum atomic E-state index is 13.1. The van der Waals surface area contributed by atoms with Gasteiger partial charge in [-0.2, -0.15) is 0 Å². The zero-order valence-electron chi connectivity index (χ0n) is 37.3. The molecule has 3 N–H and O–H groups in total. The molecule has 0 rings (SSSR count). The second kappa shape index (κ2) is 44.2. The number of carbonyl (C=O) groups is 2. The van der Waals surface area contributed by atoms with Gasteiger partial charge in [-0.1, -0.05) is 198 Å². The van der Waals surface area contributed by atoms with Crippen LogP contribution >= 0.6 is 0 Å². The van der Waals surface area contributed by atoms with Crippen LogP contribution in [0.4, 0.5) is 0 Å². The molecule has 328 valence electrons. The Morgan fingerprint density at radius 3 is 1.46 bits per heavy atom. The first-order chi connectivity index (χ1) is 27.5. The summed E-state index contributed by atoms with van der Waals surface area (Å²) in [6.45, 7) is 6.40. The average Bonchev–Trinajstić information content (AvgIpc) is 3.19. The van der Waals surface area contributed by atoms with E-state index in [0.717, 1.165) is 83.5 Å². The van der Waals surface area contributed by atoms with Crippen LogP contribution in [0.2, 0.25) is 0 Å². The Kier molecular flexibility index (Phi) is 42.7. The van der Waals surface area contributed by atoms with Crippen molar-refractivity contribution in [1.82, 2.24) is 5.32 Å². The molecule has 0 aromatic carbocycles. The van der Waals surface area contributed by atoms with Gasteiger partial charge in [0.1, 0.15) is 6.10 Å². The molecule has 0 fully saturated rings. The normalized spacial score (nSPS) is 13.6. The van der Waals surface area contributed by atoms with Crippen molar-refractivity contribution in [2.75, 3.05) is 6.61 Å². The molecular formula is C50H93NO5. The molecule has 0 saturated carbocycles. The lowest BCUT2D eigenvalue weighted by atomic mass is 10.0. The Labute approximate surface area is 347 Å². The van der Waals surface area contributed by atoms with Crippen LogP contribution in [0.1, 0.15) is 245 Å². The number of hydrogen-bond donors (Lipinski definition) is 3. The monoisotopic (exact) mass is 788 g/mol. The van der Waals surface area contributed by atoms with Gasteiger partial charge in [-0.15, -0.1) is 0 Å². The maximum Gasteiger partial charge on any atom is 0.306 e. The van der Waals surface area contributed by atoms with E-state index in [9.17, 15) is 19.8 Å². The highest BCUT2D eigenvalue weighted by atomic mass is 16.5. The number of rotatable bonds is 43. The standard InChI is InChI=1S/C50H93NO5/c1-4-7-10-13-16-19-22-24-27-29-32-35-38-41-46(56-50(55)43-40-37-34-31-26-21-18-15-12-9-6-3)44-49(54)51-47(45-52)48(53)42-39-36-33-30-28-25-23-20-17-14-11-8-5-2/h15-16,18-19,22,24,46-48,52-53H,4-14,17,20-21,23,25-45H2,1-3H3,(H,51,54)/b18-15-,19-16+,24-22+. The summed E-state index contributed by atoms with van der Waals surface area (Å²) < 4.78 is 5.90. The van der Waals surface area contributed by atoms with E-state index >= 15 is 0 Å². The van der Waals surface area contributed by atoms with E-state index in [2.05, 4.69) is 62.5 Å². The molecule has 0 heterocycles. The number of allylic oxidation sites excluding steroid dienone is 6. The molecule has 3 atom stereocenters. The van der Waals surface area contributed by atoms with E-state index in [1.165, 1.54) is 116 Å². The van der Waals surface area contributed by atoms with Crippen molar-refractivity contribution in [3.05, 3.63) is 36.5 Å². The van der Waals surface area contributed by atoms with Gasteiger partial charge in [0.25, 0.3) is 0 Å². The van der Waals surface area contributed by atoms with Crippen molar-refractivity contribution in [1.29, 1.82) is 0 Å². The third-order valence-corrected chi connectivity index (χ3v) is 11.0. The Morgan fingerprint density at radius 2 is 0.929 bits per heavy atom. The van der Waals surface area contributed by atoms with Crippen LogP contribution in [0, 0.1) is 0 Å². The third kappa shape index (κ3) is 38.9. The number of hydrogen-bond acceptors (Lipinski definition) is 5. The van der Waals surface area contributed by atoms with Crippen molar-refractivity contribution in [3.8, 4) is 0 Å². The Balaban J connectivity index is 4.61. The number of esters is 1. The zero-order chi connectivity index (χ0) is 41.0. The van der Waals surface area contributed by atoms with E-state index in [0.29, 0.717) is 19.3 Å². The molecule has 0 aliphatic rings. The fourth-order valence-electron chi connectivity index (χ4n) is 7.22. The molecule has 1 amide bonds. The average molecular weight is 788 g/mol. The zero-order valence-corrected chi connectivity index (χ0v) is 37.3. The molecule has 0 bridgehead atoms. The number of ether oxygens (including phenoxy) is 1. The van der Waals surface area contributed by atoms with Crippen molar-refractivity contribution in [3.63, 3.8) is 0 Å². The van der Waals surface area contributed by atoms with E-state index in [1.54, 1.807) is 0 Å². The first-order valence-electron chi connectivity index (χ1n) is 24.2. The van der Waals surface area contributed by atoms with Gasteiger partial charge in [-0.25, -0.2) is 0 Å². The minimum Gasteiger partial charge on any atom is -0.462 e. The minimum absolute atomic E-state index is 0.0623. The summed E-state index contributed by atoms with van der Waals surface area (Å²) in [5, 5.41) is 23.7. The van der Waals surface area contributed by atoms with Crippen LogP contribution in [-0.4, -0.2) is 46.9 Å². The van der Waals surface area contributed by atoms with Gasteiger partial charge >= 0.3 is 5.97 Å². The van der Waals surface area contributed by atoms with Gasteiger partial charge in [0.15, 0.2) is 0 Å². The summed E-state index contributed by atoms with van der Waals surface area (Å²) in [4.78, 5) is 26.0. The Bertz CT molecular complexity index is 930. The molecule has 0 aliphatic heterocycles. The molecule has 6 nitrogen and oxygen atoms in total. The van der Waals surface area contributed by atoms with Crippen LogP contribution in [0.15, 0.2) is 36.5 Å². The van der Waals surface area contributed by atoms with Crippen LogP contribution < -0.4 is 5.32 Å². The van der Waals surface area contributed by atoms with E-state index in [-0.39, 0.29) is 24.9 Å². The number of aliphatic hydroxyl groups excluding tert-OH is 2. The molecule has 0 radical (unpaired) electrons. The summed E-state index contributed by atoms with van der Waals surface area (Å²) >= 11 is 0. The van der Waals surface area contributed by atoms with Gasteiger partial charge in [0.2, 0.25) is 5.91 Å². The van der Waals surface area contributed by atoms with Gasteiger partial charge in [-0.05, 0) is 70.6 Å². The molecule has 56 heavy (non-hydrogen) atoms. The second-order valence-electron chi connectivity index (χ2n) is 16.5. The lowest BCUT2D eigenvalue weighted by Crippen LogP contribution is -2.46.